The molecule has 3 nitrogen and oxygen atoms in total. The van der Waals surface area contributed by atoms with Crippen LogP contribution in [0.3, 0.4) is 0 Å². The van der Waals surface area contributed by atoms with Crippen LogP contribution in [0.5, 0.6) is 5.75 Å². The molecule has 0 aliphatic carbocycles. The zero-order valence-corrected chi connectivity index (χ0v) is 9.16. The van der Waals surface area contributed by atoms with Gasteiger partial charge in [0.15, 0.2) is 6.61 Å². The molecule has 0 aromatic heterocycles. The van der Waals surface area contributed by atoms with Crippen molar-refractivity contribution in [2.24, 2.45) is 5.16 Å². The van der Waals surface area contributed by atoms with E-state index >= 15 is 0 Å². The van der Waals surface area contributed by atoms with Crippen molar-refractivity contribution in [2.75, 3.05) is 6.61 Å². The van der Waals surface area contributed by atoms with Crippen LogP contribution in [-0.4, -0.2) is 23.7 Å². The lowest BCUT2D eigenvalue weighted by molar-refractivity contribution is -0.153. The smallest absolute Gasteiger partial charge is 0.422 e. The zero-order chi connectivity index (χ0) is 12.9. The number of hydrogen-bond donors (Lipinski definition) is 1. The molecule has 1 N–H and O–H groups in total. The summed E-state index contributed by atoms with van der Waals surface area (Å²) in [6.45, 7) is 0.490. The number of benzene rings is 1. The summed E-state index contributed by atoms with van der Waals surface area (Å²) in [7, 11) is 0. The van der Waals surface area contributed by atoms with E-state index in [1.54, 1.807) is 12.1 Å². The van der Waals surface area contributed by atoms with Gasteiger partial charge in [0, 0.05) is 0 Å². The maximum absolute atomic E-state index is 11.9. The Morgan fingerprint density at radius 2 is 1.88 bits per heavy atom. The molecule has 94 valence electrons. The number of ether oxygens (including phenoxy) is 1. The van der Waals surface area contributed by atoms with Crippen LogP contribution in [0.15, 0.2) is 29.4 Å². The Morgan fingerprint density at radius 3 is 2.29 bits per heavy atom. The number of halogens is 3. The molecule has 0 aliphatic heterocycles. The van der Waals surface area contributed by atoms with Crippen molar-refractivity contribution in [1.29, 1.82) is 0 Å². The quantitative estimate of drug-likeness (QED) is 0.504. The summed E-state index contributed by atoms with van der Waals surface area (Å²) < 4.78 is 40.2. The fourth-order valence-corrected chi connectivity index (χ4v) is 1.24. The maximum atomic E-state index is 11.9. The van der Waals surface area contributed by atoms with Crippen LogP contribution in [0, 0.1) is 0 Å². The standard InChI is InChI=1S/C11H12F3NO2/c1-2-10(15-16)8-3-5-9(6-4-8)17-7-11(12,13)14/h3-6,16H,2,7H2,1H3/b15-10+. The number of nitrogens with zero attached hydrogens (tertiary/aromatic N) is 1. The molecule has 0 unspecified atom stereocenters. The molecule has 0 fully saturated rings. The highest BCUT2D eigenvalue weighted by atomic mass is 19.4. The van der Waals surface area contributed by atoms with Gasteiger partial charge in [-0.2, -0.15) is 13.2 Å². The third kappa shape index (κ3) is 4.34. The van der Waals surface area contributed by atoms with E-state index in [4.69, 9.17) is 5.21 Å². The molecule has 1 rings (SSSR count). The van der Waals surface area contributed by atoms with Gasteiger partial charge in [-0.25, -0.2) is 0 Å². The largest absolute Gasteiger partial charge is 0.484 e. The van der Waals surface area contributed by atoms with E-state index in [1.807, 2.05) is 6.92 Å². The van der Waals surface area contributed by atoms with E-state index in [1.165, 1.54) is 12.1 Å². The predicted molar refractivity (Wildman–Crippen MR) is 56.6 cm³/mol. The maximum Gasteiger partial charge on any atom is 0.422 e. The summed E-state index contributed by atoms with van der Waals surface area (Å²) in [6, 6.07) is 5.90. The van der Waals surface area contributed by atoms with E-state index in [0.29, 0.717) is 17.7 Å². The van der Waals surface area contributed by atoms with Gasteiger partial charge in [-0.3, -0.25) is 0 Å². The van der Waals surface area contributed by atoms with Gasteiger partial charge < -0.3 is 9.94 Å². The molecule has 0 radical (unpaired) electrons. The first-order chi connectivity index (χ1) is 7.96. The Bertz CT molecular complexity index is 385. The molecule has 0 bridgehead atoms. The summed E-state index contributed by atoms with van der Waals surface area (Å²) in [5.41, 5.74) is 1.11. The van der Waals surface area contributed by atoms with Crippen molar-refractivity contribution in [3.8, 4) is 5.75 Å². The minimum atomic E-state index is -4.35. The zero-order valence-electron chi connectivity index (χ0n) is 9.16. The Labute approximate surface area is 96.5 Å². The number of hydrogen-bond acceptors (Lipinski definition) is 3. The average Bonchev–Trinajstić information content (AvgIpc) is 2.29. The van der Waals surface area contributed by atoms with E-state index in [0.717, 1.165) is 0 Å². The predicted octanol–water partition coefficient (Wildman–Crippen LogP) is 3.22. The van der Waals surface area contributed by atoms with Gasteiger partial charge in [0.2, 0.25) is 0 Å². The fraction of sp³-hybridized carbons (Fsp3) is 0.364. The molecular weight excluding hydrogens is 235 g/mol. The normalized spacial score (nSPS) is 12.6. The minimum absolute atomic E-state index is 0.125. The first-order valence-corrected chi connectivity index (χ1v) is 4.97. The van der Waals surface area contributed by atoms with Crippen LogP contribution >= 0.6 is 0 Å². The average molecular weight is 247 g/mol. The van der Waals surface area contributed by atoms with Gasteiger partial charge in [0.05, 0.1) is 5.71 Å². The summed E-state index contributed by atoms with van der Waals surface area (Å²) in [4.78, 5) is 0. The second kappa shape index (κ2) is 5.56. The van der Waals surface area contributed by atoms with Gasteiger partial charge in [-0.15, -0.1) is 0 Å². The molecule has 1 aromatic carbocycles. The molecule has 0 amide bonds. The number of alkyl halides is 3. The van der Waals surface area contributed by atoms with E-state index in [9.17, 15) is 13.2 Å². The van der Waals surface area contributed by atoms with Crippen LogP contribution in [0.4, 0.5) is 13.2 Å². The number of oxime groups is 1. The molecule has 17 heavy (non-hydrogen) atoms. The summed E-state index contributed by atoms with van der Waals surface area (Å²) in [6.07, 6.45) is -3.82. The SMILES string of the molecule is CC/C(=N\O)c1ccc(OCC(F)(F)F)cc1. The van der Waals surface area contributed by atoms with Crippen molar-refractivity contribution in [3.63, 3.8) is 0 Å². The number of rotatable bonds is 4. The fourth-order valence-electron chi connectivity index (χ4n) is 1.24. The van der Waals surface area contributed by atoms with Crippen molar-refractivity contribution in [3.05, 3.63) is 29.8 Å². The van der Waals surface area contributed by atoms with Gasteiger partial charge in [-0.05, 0) is 36.2 Å². The molecule has 0 aliphatic rings. The van der Waals surface area contributed by atoms with Crippen molar-refractivity contribution < 1.29 is 23.1 Å². The van der Waals surface area contributed by atoms with Gasteiger partial charge in [0.1, 0.15) is 5.75 Å². The minimum Gasteiger partial charge on any atom is -0.484 e. The molecular formula is C11H12F3NO2. The monoisotopic (exact) mass is 247 g/mol. The molecule has 0 saturated carbocycles. The third-order valence-electron chi connectivity index (χ3n) is 2.05. The Morgan fingerprint density at radius 1 is 1.29 bits per heavy atom. The summed E-state index contributed by atoms with van der Waals surface area (Å²) in [5, 5.41) is 11.8. The highest BCUT2D eigenvalue weighted by Crippen LogP contribution is 2.19. The molecule has 0 spiro atoms. The molecule has 1 aromatic rings. The second-order valence-electron chi connectivity index (χ2n) is 3.33. The Kier molecular flexibility index (Phi) is 4.37. The summed E-state index contributed by atoms with van der Waals surface area (Å²) >= 11 is 0. The van der Waals surface area contributed by atoms with E-state index < -0.39 is 12.8 Å². The lowest BCUT2D eigenvalue weighted by atomic mass is 10.1. The van der Waals surface area contributed by atoms with Gasteiger partial charge in [-0.1, -0.05) is 12.1 Å². The molecule has 0 atom stereocenters. The first kappa shape index (κ1) is 13.3. The topological polar surface area (TPSA) is 41.8 Å². The van der Waals surface area contributed by atoms with Crippen LogP contribution in [0.25, 0.3) is 0 Å². The third-order valence-corrected chi connectivity index (χ3v) is 2.05. The second-order valence-corrected chi connectivity index (χ2v) is 3.33. The highest BCUT2D eigenvalue weighted by Gasteiger charge is 2.28. The van der Waals surface area contributed by atoms with Crippen molar-refractivity contribution >= 4 is 5.71 Å². The molecule has 6 heteroatoms. The van der Waals surface area contributed by atoms with E-state index in [2.05, 4.69) is 9.89 Å². The first-order valence-electron chi connectivity index (χ1n) is 4.97. The van der Waals surface area contributed by atoms with Crippen molar-refractivity contribution in [2.45, 2.75) is 19.5 Å². The molecule has 0 heterocycles. The van der Waals surface area contributed by atoms with Crippen LogP contribution in [0.2, 0.25) is 0 Å². The van der Waals surface area contributed by atoms with Crippen LogP contribution in [0.1, 0.15) is 18.9 Å². The Balaban J connectivity index is 2.68. The lowest BCUT2D eigenvalue weighted by Crippen LogP contribution is -2.19. The van der Waals surface area contributed by atoms with E-state index in [-0.39, 0.29) is 5.75 Å². The van der Waals surface area contributed by atoms with Gasteiger partial charge >= 0.3 is 6.18 Å². The van der Waals surface area contributed by atoms with Crippen LogP contribution in [-0.2, 0) is 0 Å². The van der Waals surface area contributed by atoms with Gasteiger partial charge in [0.25, 0.3) is 0 Å². The van der Waals surface area contributed by atoms with Crippen molar-refractivity contribution in [1.82, 2.24) is 0 Å². The summed E-state index contributed by atoms with van der Waals surface area (Å²) in [5.74, 6) is 0.125. The lowest BCUT2D eigenvalue weighted by Gasteiger charge is -2.09. The highest BCUT2D eigenvalue weighted by molar-refractivity contribution is 6.00. The molecule has 0 saturated heterocycles. The van der Waals surface area contributed by atoms with Crippen LogP contribution < -0.4 is 4.74 Å². The Hall–Kier alpha value is -1.72.